The number of ketones is 1. The quantitative estimate of drug-likeness (QED) is 0.191. The minimum absolute atomic E-state index is 0.0283. The number of carbonyl (C=O) groups is 3. The number of fused-ring (bicyclic) bond motifs is 3. The topological polar surface area (TPSA) is 110 Å². The Morgan fingerprint density at radius 3 is 2.38 bits per heavy atom. The highest BCUT2D eigenvalue weighted by atomic mass is 35.5. The van der Waals surface area contributed by atoms with Crippen LogP contribution in [0.3, 0.4) is 0 Å². The lowest BCUT2D eigenvalue weighted by atomic mass is 9.99. The number of hydrogen-bond donors (Lipinski definition) is 0. The summed E-state index contributed by atoms with van der Waals surface area (Å²) in [4.78, 5) is 48.7. The summed E-state index contributed by atoms with van der Waals surface area (Å²) in [6.45, 7) is 7.30. The maximum atomic E-state index is 14.0. The molecule has 242 valence electrons. The van der Waals surface area contributed by atoms with Crippen LogP contribution in [0.1, 0.15) is 56.0 Å². The molecule has 0 unspecified atom stereocenters. The lowest BCUT2D eigenvalue weighted by Crippen LogP contribution is -2.50. The standard InChI is InChI=1S/C34H32ClFN6O4S/c1-19-20(2)47-34-31(19)32(22-5-8-24(35)9-6-22)37-26(33-39-38-21(3)42(33)34)18-30(45)41-15-13-40(14-16-41)29(44)12-10-27(43)23-7-11-28(46-4)25(36)17-23/h5-12,17,26H,13-16,18H2,1-4H3/b12-10+/t26-/m0/s1. The summed E-state index contributed by atoms with van der Waals surface area (Å²) in [6, 6.07) is 10.8. The second-order valence-corrected chi connectivity index (χ2v) is 13.0. The third kappa shape index (κ3) is 6.35. The van der Waals surface area contributed by atoms with E-state index in [1.165, 1.54) is 25.3 Å². The van der Waals surface area contributed by atoms with Crippen molar-refractivity contribution < 1.29 is 23.5 Å². The summed E-state index contributed by atoms with van der Waals surface area (Å²) in [7, 11) is 1.34. The van der Waals surface area contributed by atoms with E-state index < -0.39 is 17.6 Å². The van der Waals surface area contributed by atoms with Crippen molar-refractivity contribution >= 4 is 46.2 Å². The van der Waals surface area contributed by atoms with E-state index in [2.05, 4.69) is 24.0 Å². The summed E-state index contributed by atoms with van der Waals surface area (Å²) in [5, 5.41) is 10.4. The van der Waals surface area contributed by atoms with Gasteiger partial charge in [-0.1, -0.05) is 23.7 Å². The minimum Gasteiger partial charge on any atom is -0.494 e. The summed E-state index contributed by atoms with van der Waals surface area (Å²) < 4.78 is 20.9. The molecule has 6 rings (SSSR count). The zero-order valence-electron chi connectivity index (χ0n) is 26.3. The Hall–Kier alpha value is -4.68. The van der Waals surface area contributed by atoms with Crippen molar-refractivity contribution in [2.45, 2.75) is 33.2 Å². The molecule has 2 amide bonds. The van der Waals surface area contributed by atoms with Crippen LogP contribution in [0.5, 0.6) is 5.75 Å². The minimum atomic E-state index is -0.661. The first-order valence-corrected chi connectivity index (χ1v) is 16.2. The molecule has 4 heterocycles. The van der Waals surface area contributed by atoms with Crippen LogP contribution in [0, 0.1) is 26.6 Å². The number of rotatable bonds is 7. The van der Waals surface area contributed by atoms with Crippen LogP contribution in [0.15, 0.2) is 59.6 Å². The normalized spacial score (nSPS) is 16.0. The van der Waals surface area contributed by atoms with Crippen molar-refractivity contribution in [3.63, 3.8) is 0 Å². The number of ether oxygens (including phenoxy) is 1. The van der Waals surface area contributed by atoms with Crippen LogP contribution in [-0.4, -0.2) is 81.2 Å². The second kappa shape index (κ2) is 13.2. The Morgan fingerprint density at radius 2 is 1.70 bits per heavy atom. The number of benzene rings is 2. The number of allylic oxidation sites excluding steroid dienone is 1. The largest absolute Gasteiger partial charge is 0.494 e. The zero-order chi connectivity index (χ0) is 33.4. The number of methoxy groups -OCH3 is 1. The highest BCUT2D eigenvalue weighted by Gasteiger charge is 2.34. The molecule has 4 aromatic rings. The second-order valence-electron chi connectivity index (χ2n) is 11.4. The van der Waals surface area contributed by atoms with Gasteiger partial charge in [0, 0.05) is 58.8 Å². The van der Waals surface area contributed by atoms with Crippen LogP contribution in [0.2, 0.25) is 5.02 Å². The van der Waals surface area contributed by atoms with Gasteiger partial charge in [0.25, 0.3) is 0 Å². The van der Waals surface area contributed by atoms with Crippen molar-refractivity contribution in [3.05, 3.63) is 104 Å². The van der Waals surface area contributed by atoms with Gasteiger partial charge in [0.2, 0.25) is 11.8 Å². The molecule has 0 spiro atoms. The number of aliphatic imine (C=N–C) groups is 1. The molecule has 1 fully saturated rings. The Morgan fingerprint density at radius 1 is 1.00 bits per heavy atom. The van der Waals surface area contributed by atoms with Gasteiger partial charge in [0.05, 0.1) is 19.2 Å². The first kappa shape index (κ1) is 32.3. The van der Waals surface area contributed by atoms with Gasteiger partial charge >= 0.3 is 0 Å². The molecule has 0 bridgehead atoms. The summed E-state index contributed by atoms with van der Waals surface area (Å²) in [6.07, 6.45) is 2.38. The maximum Gasteiger partial charge on any atom is 0.246 e. The Bertz CT molecular complexity index is 1940. The Kier molecular flexibility index (Phi) is 9.07. The molecule has 2 aromatic heterocycles. The molecule has 2 aliphatic heterocycles. The molecule has 0 saturated carbocycles. The van der Waals surface area contributed by atoms with Crippen LogP contribution < -0.4 is 4.74 Å². The van der Waals surface area contributed by atoms with E-state index >= 15 is 0 Å². The molecule has 1 saturated heterocycles. The summed E-state index contributed by atoms with van der Waals surface area (Å²) >= 11 is 7.86. The number of thiophene rings is 1. The Labute approximate surface area is 280 Å². The number of carbonyl (C=O) groups excluding carboxylic acids is 3. The molecule has 2 aliphatic rings. The van der Waals surface area contributed by atoms with Gasteiger partial charge in [0.1, 0.15) is 16.9 Å². The predicted molar refractivity (Wildman–Crippen MR) is 177 cm³/mol. The monoisotopic (exact) mass is 674 g/mol. The number of aryl methyl sites for hydroxylation is 2. The summed E-state index contributed by atoms with van der Waals surface area (Å²) in [5.74, 6) is -0.295. The number of piperazine rings is 1. The number of halogens is 2. The van der Waals surface area contributed by atoms with Gasteiger partial charge in [-0.2, -0.15) is 0 Å². The van der Waals surface area contributed by atoms with Gasteiger partial charge in [0.15, 0.2) is 23.2 Å². The van der Waals surface area contributed by atoms with E-state index in [1.807, 2.05) is 35.8 Å². The zero-order valence-corrected chi connectivity index (χ0v) is 27.9. The first-order valence-electron chi connectivity index (χ1n) is 15.0. The summed E-state index contributed by atoms with van der Waals surface area (Å²) in [5.41, 5.74) is 3.87. The van der Waals surface area contributed by atoms with Gasteiger partial charge in [-0.05, 0) is 62.7 Å². The molecule has 0 N–H and O–H groups in total. The number of amides is 2. The lowest BCUT2D eigenvalue weighted by Gasteiger charge is -2.34. The van der Waals surface area contributed by atoms with Crippen LogP contribution in [0.4, 0.5) is 4.39 Å². The van der Waals surface area contributed by atoms with Crippen LogP contribution in [-0.2, 0) is 9.59 Å². The van der Waals surface area contributed by atoms with Crippen molar-refractivity contribution in [2.24, 2.45) is 4.99 Å². The highest BCUT2D eigenvalue weighted by molar-refractivity contribution is 7.15. The fourth-order valence-electron chi connectivity index (χ4n) is 5.77. The van der Waals surface area contributed by atoms with Crippen LogP contribution >= 0.6 is 22.9 Å². The van der Waals surface area contributed by atoms with E-state index in [0.29, 0.717) is 42.9 Å². The molecule has 1 atom stereocenters. The van der Waals surface area contributed by atoms with Crippen molar-refractivity contribution in [1.82, 2.24) is 24.6 Å². The number of aromatic nitrogens is 3. The molecule has 0 aliphatic carbocycles. The van der Waals surface area contributed by atoms with Gasteiger partial charge in [-0.25, -0.2) is 4.39 Å². The van der Waals surface area contributed by atoms with E-state index in [9.17, 15) is 18.8 Å². The van der Waals surface area contributed by atoms with Crippen molar-refractivity contribution in [3.8, 4) is 10.8 Å². The SMILES string of the molecule is COc1ccc(C(=O)/C=C/C(=O)N2CCN(C(=O)C[C@@H]3N=C(c4ccc(Cl)cc4)c4c(sc(C)c4C)-n4c(C)nnc43)CC2)cc1F. The van der Waals surface area contributed by atoms with Gasteiger partial charge in [-0.15, -0.1) is 21.5 Å². The van der Waals surface area contributed by atoms with Gasteiger partial charge in [-0.3, -0.25) is 23.9 Å². The third-order valence-corrected chi connectivity index (χ3v) is 9.93. The lowest BCUT2D eigenvalue weighted by molar-refractivity contribution is -0.137. The third-order valence-electron chi connectivity index (χ3n) is 8.48. The van der Waals surface area contributed by atoms with E-state index in [1.54, 1.807) is 21.1 Å². The smallest absolute Gasteiger partial charge is 0.246 e. The average molecular weight is 675 g/mol. The molecule has 13 heteroatoms. The fraction of sp³-hybridized carbons (Fsp3) is 0.294. The highest BCUT2D eigenvalue weighted by Crippen LogP contribution is 2.39. The van der Waals surface area contributed by atoms with E-state index in [0.717, 1.165) is 44.4 Å². The molecule has 0 radical (unpaired) electrons. The van der Waals surface area contributed by atoms with Gasteiger partial charge < -0.3 is 14.5 Å². The number of nitrogens with zero attached hydrogens (tertiary/aromatic N) is 6. The molecule has 10 nitrogen and oxygen atoms in total. The maximum absolute atomic E-state index is 14.0. The van der Waals surface area contributed by atoms with Crippen molar-refractivity contribution in [2.75, 3.05) is 33.3 Å². The average Bonchev–Trinajstić information content (AvgIpc) is 3.55. The van der Waals surface area contributed by atoms with Crippen LogP contribution in [0.25, 0.3) is 5.00 Å². The first-order chi connectivity index (χ1) is 22.5. The molecular weight excluding hydrogens is 643 g/mol. The predicted octanol–water partition coefficient (Wildman–Crippen LogP) is 5.45. The molecule has 2 aromatic carbocycles. The fourth-order valence-corrected chi connectivity index (χ4v) is 7.11. The van der Waals surface area contributed by atoms with E-state index in [-0.39, 0.29) is 29.5 Å². The number of hydrogen-bond acceptors (Lipinski definition) is 8. The molecule has 47 heavy (non-hydrogen) atoms. The van der Waals surface area contributed by atoms with E-state index in [4.69, 9.17) is 21.3 Å². The Balaban J connectivity index is 1.17. The van der Waals surface area contributed by atoms with Crippen molar-refractivity contribution in [1.29, 1.82) is 0 Å². The molecular formula is C34H32ClFN6O4S.